The normalized spacial score (nSPS) is 18.0. The number of nitrogens with two attached hydrogens (primary N) is 1. The van der Waals surface area contributed by atoms with Crippen LogP contribution in [0.1, 0.15) is 11.1 Å². The van der Waals surface area contributed by atoms with Gasteiger partial charge in [0.15, 0.2) is 9.84 Å². The summed E-state index contributed by atoms with van der Waals surface area (Å²) in [4.78, 5) is 6.60. The van der Waals surface area contributed by atoms with Crippen molar-refractivity contribution in [1.29, 1.82) is 0 Å². The molecule has 0 spiro atoms. The summed E-state index contributed by atoms with van der Waals surface area (Å²) >= 11 is 0. The van der Waals surface area contributed by atoms with Crippen molar-refractivity contribution in [2.45, 2.75) is 13.1 Å². The lowest BCUT2D eigenvalue weighted by Crippen LogP contribution is -2.39. The highest BCUT2D eigenvalue weighted by molar-refractivity contribution is 7.91. The zero-order valence-electron chi connectivity index (χ0n) is 13.0. The quantitative estimate of drug-likeness (QED) is 0.917. The first-order chi connectivity index (χ1) is 11.1. The van der Waals surface area contributed by atoms with Gasteiger partial charge in [0.1, 0.15) is 0 Å². The van der Waals surface area contributed by atoms with Gasteiger partial charge in [0.25, 0.3) is 0 Å². The van der Waals surface area contributed by atoms with Crippen molar-refractivity contribution < 1.29 is 8.42 Å². The van der Waals surface area contributed by atoms with Gasteiger partial charge in [0.2, 0.25) is 0 Å². The fraction of sp³-hybridized carbons (Fsp3) is 0.353. The molecule has 0 unspecified atom stereocenters. The van der Waals surface area contributed by atoms with Crippen molar-refractivity contribution in [3.63, 3.8) is 0 Å². The summed E-state index contributed by atoms with van der Waals surface area (Å²) in [7, 11) is -2.83. The second-order valence-electron chi connectivity index (χ2n) is 5.88. The molecule has 2 N–H and O–H groups in total. The van der Waals surface area contributed by atoms with Crippen LogP contribution >= 0.6 is 0 Å². The molecule has 2 aromatic rings. The van der Waals surface area contributed by atoms with Gasteiger partial charge in [0.05, 0.1) is 17.2 Å². The van der Waals surface area contributed by atoms with Gasteiger partial charge in [-0.05, 0) is 29.3 Å². The second-order valence-corrected chi connectivity index (χ2v) is 8.19. The molecular formula is C17H21N3O2S. The van der Waals surface area contributed by atoms with E-state index in [0.717, 1.165) is 23.4 Å². The second kappa shape index (κ2) is 6.78. The summed E-state index contributed by atoms with van der Waals surface area (Å²) in [6.07, 6.45) is 1.78. The summed E-state index contributed by atoms with van der Waals surface area (Å²) in [6, 6.07) is 12.2. The molecule has 1 aromatic heterocycles. The molecule has 1 aliphatic rings. The van der Waals surface area contributed by atoms with Gasteiger partial charge in [-0.1, -0.05) is 18.2 Å². The van der Waals surface area contributed by atoms with Gasteiger partial charge < -0.3 is 5.73 Å². The van der Waals surface area contributed by atoms with E-state index in [2.05, 4.69) is 22.0 Å². The van der Waals surface area contributed by atoms with Crippen LogP contribution in [0.2, 0.25) is 0 Å². The third-order valence-electron chi connectivity index (χ3n) is 4.13. The van der Waals surface area contributed by atoms with Gasteiger partial charge in [-0.15, -0.1) is 0 Å². The smallest absolute Gasteiger partial charge is 0.152 e. The maximum Gasteiger partial charge on any atom is 0.152 e. The molecule has 2 heterocycles. The van der Waals surface area contributed by atoms with E-state index >= 15 is 0 Å². The van der Waals surface area contributed by atoms with E-state index in [1.165, 1.54) is 5.56 Å². The van der Waals surface area contributed by atoms with Gasteiger partial charge in [-0.3, -0.25) is 9.88 Å². The van der Waals surface area contributed by atoms with Crippen molar-refractivity contribution >= 4 is 9.84 Å². The largest absolute Gasteiger partial charge is 0.326 e. The average Bonchev–Trinajstić information content (AvgIpc) is 2.57. The zero-order valence-corrected chi connectivity index (χ0v) is 13.8. The standard InChI is InChI=1S/C17H21N3O2S/c18-12-14-4-5-19-17(11-14)16-3-1-2-15(10-16)13-20-6-8-23(21,22)9-7-20/h1-5,10-11H,6-9,12-13,18H2. The molecule has 1 fully saturated rings. The van der Waals surface area contributed by atoms with E-state index in [1.54, 1.807) is 6.20 Å². The van der Waals surface area contributed by atoms with Gasteiger partial charge in [0, 0.05) is 37.9 Å². The molecule has 0 bridgehead atoms. The number of hydrogen-bond donors (Lipinski definition) is 1. The third kappa shape index (κ3) is 4.16. The minimum Gasteiger partial charge on any atom is -0.326 e. The first-order valence-corrected chi connectivity index (χ1v) is 9.55. The molecule has 0 radical (unpaired) electrons. The van der Waals surface area contributed by atoms with Crippen LogP contribution in [0.15, 0.2) is 42.6 Å². The van der Waals surface area contributed by atoms with E-state index < -0.39 is 9.84 Å². The number of pyridine rings is 1. The lowest BCUT2D eigenvalue weighted by atomic mass is 10.1. The van der Waals surface area contributed by atoms with Crippen LogP contribution in [-0.4, -0.2) is 42.9 Å². The SMILES string of the molecule is NCc1ccnc(-c2cccc(CN3CCS(=O)(=O)CC3)c2)c1. The summed E-state index contributed by atoms with van der Waals surface area (Å²) in [6.45, 7) is 2.47. The Morgan fingerprint density at radius 1 is 1.09 bits per heavy atom. The van der Waals surface area contributed by atoms with Crippen LogP contribution in [0.5, 0.6) is 0 Å². The van der Waals surface area contributed by atoms with E-state index in [0.29, 0.717) is 19.6 Å². The van der Waals surface area contributed by atoms with Crippen molar-refractivity contribution in [3.8, 4) is 11.3 Å². The highest BCUT2D eigenvalue weighted by Gasteiger charge is 2.21. The summed E-state index contributed by atoms with van der Waals surface area (Å²) < 4.78 is 23.0. The average molecular weight is 331 g/mol. The molecule has 5 nitrogen and oxygen atoms in total. The predicted octanol–water partition coefficient (Wildman–Crippen LogP) is 1.44. The first-order valence-electron chi connectivity index (χ1n) is 7.73. The monoisotopic (exact) mass is 331 g/mol. The third-order valence-corrected chi connectivity index (χ3v) is 5.74. The zero-order chi connectivity index (χ0) is 16.3. The van der Waals surface area contributed by atoms with Crippen molar-refractivity contribution in [1.82, 2.24) is 9.88 Å². The molecule has 0 atom stereocenters. The van der Waals surface area contributed by atoms with E-state index in [1.807, 2.05) is 24.3 Å². The Bertz CT molecular complexity index is 776. The first kappa shape index (κ1) is 16.1. The predicted molar refractivity (Wildman–Crippen MR) is 91.5 cm³/mol. The molecule has 1 saturated heterocycles. The molecule has 0 amide bonds. The van der Waals surface area contributed by atoms with E-state index in [4.69, 9.17) is 5.73 Å². The van der Waals surface area contributed by atoms with Crippen LogP contribution in [0, 0.1) is 0 Å². The van der Waals surface area contributed by atoms with Crippen molar-refractivity contribution in [2.75, 3.05) is 24.6 Å². The molecule has 6 heteroatoms. The van der Waals surface area contributed by atoms with Crippen molar-refractivity contribution in [3.05, 3.63) is 53.7 Å². The molecular weight excluding hydrogens is 310 g/mol. The van der Waals surface area contributed by atoms with Gasteiger partial charge in [-0.25, -0.2) is 8.42 Å². The van der Waals surface area contributed by atoms with Crippen LogP contribution < -0.4 is 5.73 Å². The topological polar surface area (TPSA) is 76.3 Å². The lowest BCUT2D eigenvalue weighted by molar-refractivity contribution is 0.288. The van der Waals surface area contributed by atoms with Crippen LogP contribution in [0.4, 0.5) is 0 Å². The maximum atomic E-state index is 11.5. The van der Waals surface area contributed by atoms with Crippen LogP contribution in [0.25, 0.3) is 11.3 Å². The van der Waals surface area contributed by atoms with Gasteiger partial charge >= 0.3 is 0 Å². The minimum atomic E-state index is -2.83. The Morgan fingerprint density at radius 2 is 1.87 bits per heavy atom. The molecule has 1 aromatic carbocycles. The number of rotatable bonds is 4. The Labute approximate surface area is 137 Å². The number of hydrogen-bond acceptors (Lipinski definition) is 5. The van der Waals surface area contributed by atoms with Gasteiger partial charge in [-0.2, -0.15) is 0 Å². The number of sulfone groups is 1. The summed E-state index contributed by atoms with van der Waals surface area (Å²) in [5, 5.41) is 0. The Kier molecular flexibility index (Phi) is 4.75. The number of aromatic nitrogens is 1. The van der Waals surface area contributed by atoms with Crippen LogP contribution in [0.3, 0.4) is 0 Å². The summed E-state index contributed by atoms with van der Waals surface area (Å²) in [5.41, 5.74) is 9.88. The molecule has 3 rings (SSSR count). The molecule has 122 valence electrons. The molecule has 0 saturated carbocycles. The highest BCUT2D eigenvalue weighted by Crippen LogP contribution is 2.20. The minimum absolute atomic E-state index is 0.257. The number of nitrogens with zero attached hydrogens (tertiary/aromatic N) is 2. The number of benzene rings is 1. The Morgan fingerprint density at radius 3 is 2.61 bits per heavy atom. The fourth-order valence-electron chi connectivity index (χ4n) is 2.75. The molecule has 1 aliphatic heterocycles. The van der Waals surface area contributed by atoms with E-state index in [-0.39, 0.29) is 11.5 Å². The maximum absolute atomic E-state index is 11.5. The Balaban J connectivity index is 1.75. The highest BCUT2D eigenvalue weighted by atomic mass is 32.2. The van der Waals surface area contributed by atoms with Crippen molar-refractivity contribution in [2.24, 2.45) is 5.73 Å². The fourth-order valence-corrected chi connectivity index (χ4v) is 4.03. The Hall–Kier alpha value is -1.76. The molecule has 0 aliphatic carbocycles. The van der Waals surface area contributed by atoms with Crippen LogP contribution in [-0.2, 0) is 22.9 Å². The van der Waals surface area contributed by atoms with E-state index in [9.17, 15) is 8.42 Å². The lowest BCUT2D eigenvalue weighted by Gasteiger charge is -2.26. The summed E-state index contributed by atoms with van der Waals surface area (Å²) in [5.74, 6) is 0.513. The molecule has 23 heavy (non-hydrogen) atoms.